The quantitative estimate of drug-likeness (QED) is 0.887. The zero-order valence-corrected chi connectivity index (χ0v) is 12.2. The number of hydrogen-bond donors (Lipinski definition) is 1. The molecule has 1 aromatic heterocycles. The zero-order chi connectivity index (χ0) is 12.3. The maximum atomic E-state index is 6.19. The summed E-state index contributed by atoms with van der Waals surface area (Å²) < 4.78 is 1.14. The van der Waals surface area contributed by atoms with Crippen LogP contribution in [0.4, 0.5) is 0 Å². The van der Waals surface area contributed by atoms with Gasteiger partial charge in [0.2, 0.25) is 0 Å². The maximum Gasteiger partial charge on any atom is 0.0330 e. The van der Waals surface area contributed by atoms with E-state index in [1.807, 2.05) is 0 Å². The van der Waals surface area contributed by atoms with Crippen molar-refractivity contribution < 1.29 is 0 Å². The topological polar surface area (TPSA) is 26.0 Å². The van der Waals surface area contributed by atoms with Gasteiger partial charge in [-0.1, -0.05) is 29.8 Å². The lowest BCUT2D eigenvalue weighted by atomic mass is 10.0. The summed E-state index contributed by atoms with van der Waals surface area (Å²) in [5, 5.41) is 4.21. The average molecular weight is 310 g/mol. The Balaban J connectivity index is 1.94. The fourth-order valence-corrected chi connectivity index (χ4v) is 3.44. The third-order valence-electron chi connectivity index (χ3n) is 2.91. The first-order valence-electron chi connectivity index (χ1n) is 5.69. The Kier molecular flexibility index (Phi) is 4.37. The molecule has 17 heavy (non-hydrogen) atoms. The molecule has 90 valence electrons. The van der Waals surface area contributed by atoms with Crippen LogP contribution in [-0.2, 0) is 6.42 Å². The highest BCUT2D eigenvalue weighted by Crippen LogP contribution is 2.28. The van der Waals surface area contributed by atoms with Gasteiger partial charge in [-0.15, -0.1) is 0 Å². The molecule has 0 saturated carbocycles. The molecular weight excluding hydrogens is 294 g/mol. The van der Waals surface area contributed by atoms with Gasteiger partial charge in [-0.25, -0.2) is 0 Å². The molecule has 0 aliphatic rings. The Morgan fingerprint density at radius 1 is 1.24 bits per heavy atom. The summed E-state index contributed by atoms with van der Waals surface area (Å²) in [5.74, 6) is 0. The van der Waals surface area contributed by atoms with Crippen molar-refractivity contribution in [2.45, 2.75) is 25.8 Å². The smallest absolute Gasteiger partial charge is 0.0330 e. The van der Waals surface area contributed by atoms with E-state index in [-0.39, 0.29) is 6.04 Å². The van der Waals surface area contributed by atoms with Crippen molar-refractivity contribution in [2.24, 2.45) is 5.73 Å². The van der Waals surface area contributed by atoms with Gasteiger partial charge in [0.1, 0.15) is 0 Å². The lowest BCUT2D eigenvalue weighted by molar-refractivity contribution is 0.651. The number of benzene rings is 1. The molecule has 0 radical (unpaired) electrons. The minimum atomic E-state index is 0.122. The van der Waals surface area contributed by atoms with Crippen molar-refractivity contribution >= 4 is 27.3 Å². The molecule has 1 nitrogen and oxygen atoms in total. The number of halogens is 1. The number of thiophene rings is 1. The maximum absolute atomic E-state index is 6.19. The van der Waals surface area contributed by atoms with Gasteiger partial charge in [-0.05, 0) is 52.2 Å². The van der Waals surface area contributed by atoms with Crippen molar-refractivity contribution in [1.82, 2.24) is 0 Å². The summed E-state index contributed by atoms with van der Waals surface area (Å²) >= 11 is 5.22. The van der Waals surface area contributed by atoms with Crippen molar-refractivity contribution in [1.29, 1.82) is 0 Å². The third kappa shape index (κ3) is 3.41. The second-order valence-electron chi connectivity index (χ2n) is 4.31. The third-order valence-corrected chi connectivity index (χ3v) is 4.66. The van der Waals surface area contributed by atoms with E-state index in [0.717, 1.165) is 17.3 Å². The Labute approximate surface area is 115 Å². The van der Waals surface area contributed by atoms with Crippen LogP contribution < -0.4 is 5.73 Å². The summed E-state index contributed by atoms with van der Waals surface area (Å²) in [7, 11) is 0. The van der Waals surface area contributed by atoms with Gasteiger partial charge >= 0.3 is 0 Å². The Morgan fingerprint density at radius 2 is 1.94 bits per heavy atom. The predicted octanol–water partition coefficient (Wildman–Crippen LogP) is 4.45. The number of nitrogens with two attached hydrogens (primary N) is 1. The van der Waals surface area contributed by atoms with E-state index in [1.54, 1.807) is 11.3 Å². The van der Waals surface area contributed by atoms with Crippen LogP contribution in [0.25, 0.3) is 0 Å². The van der Waals surface area contributed by atoms with Gasteiger partial charge in [0.25, 0.3) is 0 Å². The Bertz CT molecular complexity index is 475. The molecule has 0 aliphatic carbocycles. The molecule has 0 saturated heterocycles. The molecule has 2 aromatic rings. The monoisotopic (exact) mass is 309 g/mol. The fraction of sp³-hybridized carbons (Fsp3) is 0.286. The highest BCUT2D eigenvalue weighted by Gasteiger charge is 2.10. The molecule has 0 bridgehead atoms. The molecule has 0 fully saturated rings. The van der Waals surface area contributed by atoms with Gasteiger partial charge < -0.3 is 5.73 Å². The van der Waals surface area contributed by atoms with Gasteiger partial charge in [0.05, 0.1) is 0 Å². The molecule has 3 heteroatoms. The predicted molar refractivity (Wildman–Crippen MR) is 78.4 cm³/mol. The van der Waals surface area contributed by atoms with Crippen LogP contribution in [0.2, 0.25) is 0 Å². The molecule has 1 aromatic carbocycles. The zero-order valence-electron chi connectivity index (χ0n) is 9.82. The van der Waals surface area contributed by atoms with E-state index >= 15 is 0 Å². The van der Waals surface area contributed by atoms with Crippen LogP contribution in [-0.4, -0.2) is 0 Å². The van der Waals surface area contributed by atoms with E-state index in [9.17, 15) is 0 Å². The van der Waals surface area contributed by atoms with E-state index in [1.165, 1.54) is 16.7 Å². The first-order valence-corrected chi connectivity index (χ1v) is 7.43. The number of rotatable bonds is 4. The first-order chi connectivity index (χ1) is 8.16. The van der Waals surface area contributed by atoms with Crippen molar-refractivity contribution in [2.75, 3.05) is 0 Å². The summed E-state index contributed by atoms with van der Waals surface area (Å²) in [4.78, 5) is 0. The molecule has 2 rings (SSSR count). The SMILES string of the molecule is Cc1ccc(CCC(N)c2cscc2Br)cc1. The summed E-state index contributed by atoms with van der Waals surface area (Å²) in [6.45, 7) is 2.11. The number of hydrogen-bond acceptors (Lipinski definition) is 2. The molecule has 0 amide bonds. The Morgan fingerprint density at radius 3 is 2.53 bits per heavy atom. The minimum Gasteiger partial charge on any atom is -0.324 e. The van der Waals surface area contributed by atoms with E-state index in [4.69, 9.17) is 5.73 Å². The molecule has 1 heterocycles. The van der Waals surface area contributed by atoms with Crippen LogP contribution in [0.1, 0.15) is 29.2 Å². The molecule has 0 aliphatic heterocycles. The van der Waals surface area contributed by atoms with Gasteiger partial charge in [-0.3, -0.25) is 0 Å². The molecule has 0 spiro atoms. The highest BCUT2D eigenvalue weighted by molar-refractivity contribution is 9.10. The van der Waals surface area contributed by atoms with Gasteiger partial charge in [0, 0.05) is 15.9 Å². The lowest BCUT2D eigenvalue weighted by Crippen LogP contribution is -2.10. The molecular formula is C14H16BrNS. The van der Waals surface area contributed by atoms with E-state index in [0.29, 0.717) is 0 Å². The van der Waals surface area contributed by atoms with Gasteiger partial charge in [-0.2, -0.15) is 11.3 Å². The minimum absolute atomic E-state index is 0.122. The van der Waals surface area contributed by atoms with E-state index < -0.39 is 0 Å². The summed E-state index contributed by atoms with van der Waals surface area (Å²) in [6, 6.07) is 8.80. The van der Waals surface area contributed by atoms with Crippen LogP contribution in [0.15, 0.2) is 39.5 Å². The normalized spacial score (nSPS) is 12.6. The molecule has 1 unspecified atom stereocenters. The molecule has 1 atom stereocenters. The number of aryl methyl sites for hydroxylation is 2. The molecule has 2 N–H and O–H groups in total. The van der Waals surface area contributed by atoms with Crippen LogP contribution in [0.3, 0.4) is 0 Å². The Hall–Kier alpha value is -0.640. The standard InChI is InChI=1S/C14H16BrNS/c1-10-2-4-11(5-3-10)6-7-14(16)12-8-17-9-13(12)15/h2-5,8-9,14H,6-7,16H2,1H3. The van der Waals surface area contributed by atoms with Crippen molar-refractivity contribution in [3.63, 3.8) is 0 Å². The van der Waals surface area contributed by atoms with Crippen LogP contribution in [0.5, 0.6) is 0 Å². The lowest BCUT2D eigenvalue weighted by Gasteiger charge is -2.11. The second kappa shape index (κ2) is 5.80. The summed E-state index contributed by atoms with van der Waals surface area (Å²) in [6.07, 6.45) is 2.02. The van der Waals surface area contributed by atoms with Crippen LogP contribution in [0, 0.1) is 6.92 Å². The van der Waals surface area contributed by atoms with Gasteiger partial charge in [0.15, 0.2) is 0 Å². The van der Waals surface area contributed by atoms with Crippen molar-refractivity contribution in [3.05, 3.63) is 56.2 Å². The van der Waals surface area contributed by atoms with Crippen molar-refractivity contribution in [3.8, 4) is 0 Å². The highest BCUT2D eigenvalue weighted by atomic mass is 79.9. The van der Waals surface area contributed by atoms with E-state index in [2.05, 4.69) is 57.9 Å². The average Bonchev–Trinajstić information content (AvgIpc) is 2.74. The second-order valence-corrected chi connectivity index (χ2v) is 5.90. The first kappa shape index (κ1) is 12.8. The fourth-order valence-electron chi connectivity index (χ4n) is 1.79. The summed E-state index contributed by atoms with van der Waals surface area (Å²) in [5.41, 5.74) is 10.1. The van der Waals surface area contributed by atoms with Crippen LogP contribution >= 0.6 is 27.3 Å². The largest absolute Gasteiger partial charge is 0.324 e.